The largest absolute Gasteiger partial charge is 0.508 e. The van der Waals surface area contributed by atoms with Crippen molar-refractivity contribution in [3.05, 3.63) is 58.7 Å². The summed E-state index contributed by atoms with van der Waals surface area (Å²) in [6.07, 6.45) is 2.05. The summed E-state index contributed by atoms with van der Waals surface area (Å²) < 4.78 is 0. The Kier molecular flexibility index (Phi) is 2.07. The molecule has 0 radical (unpaired) electrons. The van der Waals surface area contributed by atoms with E-state index in [0.29, 0.717) is 11.3 Å². The summed E-state index contributed by atoms with van der Waals surface area (Å²) in [6.45, 7) is 0. The first-order chi connectivity index (χ1) is 9.65. The monoisotopic (exact) mass is 265 g/mol. The first-order valence-electron chi connectivity index (χ1n) is 6.49. The number of fused-ring (bicyclic) bond motifs is 2. The highest BCUT2D eigenvalue weighted by atomic mass is 16.3. The number of carbonyl (C=O) groups is 2. The molecule has 0 bridgehead atoms. The number of anilines is 1. The standard InChI is InChI=1S/C16H11NO3/c18-12-5-6-13-14(8-12)16(20)17(15(13)19)11-4-3-9-1-2-10(9)7-11/h3-8,18H,1-2H2. The van der Waals surface area contributed by atoms with Crippen molar-refractivity contribution >= 4 is 17.5 Å². The fraction of sp³-hybridized carbons (Fsp3) is 0.125. The molecular formula is C16H11NO3. The molecule has 0 atom stereocenters. The molecule has 0 saturated heterocycles. The zero-order chi connectivity index (χ0) is 13.9. The van der Waals surface area contributed by atoms with Crippen molar-refractivity contribution in [3.8, 4) is 5.75 Å². The molecule has 4 nitrogen and oxygen atoms in total. The zero-order valence-corrected chi connectivity index (χ0v) is 10.6. The number of benzene rings is 2. The van der Waals surface area contributed by atoms with Gasteiger partial charge in [-0.1, -0.05) is 6.07 Å². The van der Waals surface area contributed by atoms with Crippen molar-refractivity contribution in [1.29, 1.82) is 0 Å². The Bertz CT molecular complexity index is 779. The van der Waals surface area contributed by atoms with Gasteiger partial charge in [0.2, 0.25) is 0 Å². The van der Waals surface area contributed by atoms with Gasteiger partial charge in [-0.3, -0.25) is 9.59 Å². The van der Waals surface area contributed by atoms with Crippen molar-refractivity contribution in [2.24, 2.45) is 0 Å². The number of hydrogen-bond acceptors (Lipinski definition) is 3. The molecule has 2 amide bonds. The number of carbonyl (C=O) groups excluding carboxylic acids is 2. The van der Waals surface area contributed by atoms with E-state index in [2.05, 4.69) is 0 Å². The lowest BCUT2D eigenvalue weighted by molar-refractivity contribution is 0.0926. The maximum atomic E-state index is 12.4. The molecule has 1 heterocycles. The molecule has 0 fully saturated rings. The summed E-state index contributed by atoms with van der Waals surface area (Å²) in [5, 5.41) is 9.46. The van der Waals surface area contributed by atoms with Crippen LogP contribution in [-0.2, 0) is 12.8 Å². The van der Waals surface area contributed by atoms with Crippen LogP contribution in [0.2, 0.25) is 0 Å². The number of aromatic hydroxyl groups is 1. The quantitative estimate of drug-likeness (QED) is 0.805. The van der Waals surface area contributed by atoms with Crippen LogP contribution in [0.3, 0.4) is 0 Å². The lowest BCUT2D eigenvalue weighted by Crippen LogP contribution is -2.29. The summed E-state index contributed by atoms with van der Waals surface area (Å²) in [6, 6.07) is 9.93. The number of imide groups is 1. The number of rotatable bonds is 1. The first-order valence-corrected chi connectivity index (χ1v) is 6.49. The summed E-state index contributed by atoms with van der Waals surface area (Å²) in [7, 11) is 0. The lowest BCUT2D eigenvalue weighted by atomic mass is 9.88. The molecule has 98 valence electrons. The molecule has 20 heavy (non-hydrogen) atoms. The average molecular weight is 265 g/mol. The number of nitrogens with zero attached hydrogens (tertiary/aromatic N) is 1. The molecule has 2 aromatic rings. The van der Waals surface area contributed by atoms with Gasteiger partial charge in [0.15, 0.2) is 0 Å². The number of phenols is 1. The van der Waals surface area contributed by atoms with Crippen LogP contribution < -0.4 is 4.90 Å². The molecular weight excluding hydrogens is 254 g/mol. The predicted molar refractivity (Wildman–Crippen MR) is 73.1 cm³/mol. The highest BCUT2D eigenvalue weighted by Crippen LogP contribution is 2.33. The molecule has 1 aliphatic carbocycles. The SMILES string of the molecule is O=C1c2ccc(O)cc2C(=O)N1c1ccc2c(c1)CC2. The van der Waals surface area contributed by atoms with E-state index < -0.39 is 0 Å². The number of phenolic OH excluding ortho intramolecular Hbond substituents is 1. The second kappa shape index (κ2) is 3.70. The maximum absolute atomic E-state index is 12.4. The van der Waals surface area contributed by atoms with Crippen LogP contribution in [0.4, 0.5) is 5.69 Å². The van der Waals surface area contributed by atoms with Crippen LogP contribution in [0.25, 0.3) is 0 Å². The van der Waals surface area contributed by atoms with Crippen LogP contribution in [0.5, 0.6) is 5.75 Å². The topological polar surface area (TPSA) is 57.6 Å². The Labute approximate surface area is 115 Å². The van der Waals surface area contributed by atoms with E-state index in [-0.39, 0.29) is 23.1 Å². The normalized spacial score (nSPS) is 15.9. The lowest BCUT2D eigenvalue weighted by Gasteiger charge is -2.22. The van der Waals surface area contributed by atoms with E-state index in [1.165, 1.54) is 34.2 Å². The second-order valence-corrected chi connectivity index (χ2v) is 5.13. The van der Waals surface area contributed by atoms with E-state index in [0.717, 1.165) is 12.8 Å². The number of amides is 2. The van der Waals surface area contributed by atoms with Crippen LogP contribution in [0.15, 0.2) is 36.4 Å². The fourth-order valence-electron chi connectivity index (χ4n) is 2.78. The third-order valence-corrected chi connectivity index (χ3v) is 3.98. The fourth-order valence-corrected chi connectivity index (χ4v) is 2.78. The number of hydrogen-bond donors (Lipinski definition) is 1. The van der Waals surface area contributed by atoms with Crippen LogP contribution >= 0.6 is 0 Å². The molecule has 1 N–H and O–H groups in total. The molecule has 4 rings (SSSR count). The zero-order valence-electron chi connectivity index (χ0n) is 10.6. The van der Waals surface area contributed by atoms with Gasteiger partial charge >= 0.3 is 0 Å². The third-order valence-electron chi connectivity index (χ3n) is 3.98. The van der Waals surface area contributed by atoms with Crippen molar-refractivity contribution in [1.82, 2.24) is 0 Å². The van der Waals surface area contributed by atoms with Crippen molar-refractivity contribution < 1.29 is 14.7 Å². The highest BCUT2D eigenvalue weighted by Gasteiger charge is 2.37. The summed E-state index contributed by atoms with van der Waals surface area (Å²) in [4.78, 5) is 25.9. The maximum Gasteiger partial charge on any atom is 0.266 e. The van der Waals surface area contributed by atoms with Crippen LogP contribution in [0.1, 0.15) is 31.8 Å². The highest BCUT2D eigenvalue weighted by molar-refractivity contribution is 6.34. The Hall–Kier alpha value is -2.62. The van der Waals surface area contributed by atoms with Crippen molar-refractivity contribution in [2.45, 2.75) is 12.8 Å². The van der Waals surface area contributed by atoms with E-state index in [1.807, 2.05) is 12.1 Å². The predicted octanol–water partition coefficient (Wildman–Crippen LogP) is 2.29. The second-order valence-electron chi connectivity index (χ2n) is 5.13. The molecule has 2 aromatic carbocycles. The molecule has 0 unspecified atom stereocenters. The third kappa shape index (κ3) is 1.36. The van der Waals surface area contributed by atoms with E-state index in [9.17, 15) is 14.7 Å². The van der Waals surface area contributed by atoms with E-state index in [4.69, 9.17) is 0 Å². The van der Waals surface area contributed by atoms with Gasteiger partial charge < -0.3 is 5.11 Å². The minimum Gasteiger partial charge on any atom is -0.508 e. The molecule has 1 aliphatic heterocycles. The van der Waals surface area contributed by atoms with Gasteiger partial charge in [-0.05, 0) is 54.3 Å². The summed E-state index contributed by atoms with van der Waals surface area (Å²) >= 11 is 0. The minimum absolute atomic E-state index is 0.0103. The molecule has 4 heteroatoms. The van der Waals surface area contributed by atoms with Crippen LogP contribution in [-0.4, -0.2) is 16.9 Å². The smallest absolute Gasteiger partial charge is 0.266 e. The Morgan fingerprint density at radius 2 is 1.60 bits per heavy atom. The summed E-state index contributed by atoms with van der Waals surface area (Å²) in [5.74, 6) is -0.714. The Balaban J connectivity index is 1.82. The Morgan fingerprint density at radius 3 is 2.30 bits per heavy atom. The van der Waals surface area contributed by atoms with Crippen molar-refractivity contribution in [2.75, 3.05) is 4.90 Å². The number of aryl methyl sites for hydroxylation is 2. The van der Waals surface area contributed by atoms with Gasteiger partial charge in [-0.2, -0.15) is 0 Å². The van der Waals surface area contributed by atoms with E-state index >= 15 is 0 Å². The first kappa shape index (κ1) is 11.2. The molecule has 0 spiro atoms. The van der Waals surface area contributed by atoms with Crippen LogP contribution in [0, 0.1) is 0 Å². The van der Waals surface area contributed by atoms with Gasteiger partial charge in [-0.15, -0.1) is 0 Å². The van der Waals surface area contributed by atoms with Gasteiger partial charge in [-0.25, -0.2) is 4.90 Å². The molecule has 0 saturated carbocycles. The van der Waals surface area contributed by atoms with Gasteiger partial charge in [0.05, 0.1) is 16.8 Å². The minimum atomic E-state index is -0.375. The Morgan fingerprint density at radius 1 is 0.850 bits per heavy atom. The van der Waals surface area contributed by atoms with Crippen molar-refractivity contribution in [3.63, 3.8) is 0 Å². The average Bonchev–Trinajstić information content (AvgIpc) is 2.64. The molecule has 0 aromatic heterocycles. The van der Waals surface area contributed by atoms with Gasteiger partial charge in [0, 0.05) is 0 Å². The van der Waals surface area contributed by atoms with Gasteiger partial charge in [0.25, 0.3) is 11.8 Å². The van der Waals surface area contributed by atoms with E-state index in [1.54, 1.807) is 6.07 Å². The molecule has 2 aliphatic rings. The summed E-state index contributed by atoms with van der Waals surface area (Å²) in [5.41, 5.74) is 3.69. The van der Waals surface area contributed by atoms with Gasteiger partial charge in [0.1, 0.15) is 5.75 Å².